The summed E-state index contributed by atoms with van der Waals surface area (Å²) >= 11 is 0. The number of nitrogens with zero attached hydrogens (tertiary/aromatic N) is 3. The van der Waals surface area contributed by atoms with Crippen LogP contribution in [0.2, 0.25) is 0 Å². The van der Waals surface area contributed by atoms with Crippen molar-refractivity contribution in [2.75, 3.05) is 13.2 Å². The first kappa shape index (κ1) is 12.2. The zero-order valence-corrected chi connectivity index (χ0v) is 10.1. The maximum atomic E-state index is 9.56. The van der Waals surface area contributed by atoms with Gasteiger partial charge in [0.1, 0.15) is 23.9 Å². The van der Waals surface area contributed by atoms with Gasteiger partial charge in [-0.3, -0.25) is 0 Å². The van der Waals surface area contributed by atoms with E-state index in [1.165, 1.54) is 0 Å². The molecule has 0 amide bonds. The van der Waals surface area contributed by atoms with Gasteiger partial charge in [-0.2, -0.15) is 0 Å². The third-order valence-corrected chi connectivity index (χ3v) is 3.56. The minimum absolute atomic E-state index is 0.201. The lowest BCUT2D eigenvalue weighted by atomic mass is 9.89. The molecule has 3 fully saturated rings. The SMILES string of the molecule is CC1(C)O[C@@H]2[C@@H](N=[N+]=[N-])[C@H]3OC[C@](CO)(O3)[C@@H]2O1. The zero-order valence-electron chi connectivity index (χ0n) is 10.1. The largest absolute Gasteiger partial charge is 0.393 e. The van der Waals surface area contributed by atoms with E-state index in [0.717, 1.165) is 0 Å². The van der Waals surface area contributed by atoms with Crippen molar-refractivity contribution in [3.8, 4) is 0 Å². The quantitative estimate of drug-likeness (QED) is 0.435. The van der Waals surface area contributed by atoms with E-state index in [-0.39, 0.29) is 13.2 Å². The predicted octanol–water partition coefficient (Wildman–Crippen LogP) is 0.303. The highest BCUT2D eigenvalue weighted by Gasteiger charge is 2.65. The van der Waals surface area contributed by atoms with Crippen LogP contribution in [0, 0.1) is 0 Å². The van der Waals surface area contributed by atoms with E-state index in [1.807, 2.05) is 0 Å². The van der Waals surface area contributed by atoms with Crippen LogP contribution in [0.5, 0.6) is 0 Å². The van der Waals surface area contributed by atoms with Crippen LogP contribution in [0.25, 0.3) is 10.4 Å². The van der Waals surface area contributed by atoms with Gasteiger partial charge in [0.25, 0.3) is 0 Å². The third-order valence-electron chi connectivity index (χ3n) is 3.56. The molecule has 18 heavy (non-hydrogen) atoms. The number of hydrogen-bond acceptors (Lipinski definition) is 6. The van der Waals surface area contributed by atoms with Gasteiger partial charge in [-0.15, -0.1) is 0 Å². The molecule has 0 spiro atoms. The number of rotatable bonds is 2. The topological polar surface area (TPSA) is 106 Å². The molecule has 2 bridgehead atoms. The molecule has 3 rings (SSSR count). The molecule has 1 N–H and O–H groups in total. The van der Waals surface area contributed by atoms with Crippen LogP contribution in [0.15, 0.2) is 5.11 Å². The Hall–Kier alpha value is -0.890. The normalized spacial score (nSPS) is 48.6. The van der Waals surface area contributed by atoms with Gasteiger partial charge in [-0.25, -0.2) is 0 Å². The Bertz CT molecular complexity index is 410. The lowest BCUT2D eigenvalue weighted by Crippen LogP contribution is -2.60. The number of fused-ring (bicyclic) bond motifs is 4. The van der Waals surface area contributed by atoms with Crippen molar-refractivity contribution in [2.24, 2.45) is 5.11 Å². The molecule has 3 heterocycles. The highest BCUT2D eigenvalue weighted by atomic mass is 16.8. The fourth-order valence-electron chi connectivity index (χ4n) is 2.79. The second-order valence-corrected chi connectivity index (χ2v) is 5.24. The molecule has 5 atom stereocenters. The summed E-state index contributed by atoms with van der Waals surface area (Å²) in [6.45, 7) is 3.52. The minimum atomic E-state index is -0.926. The highest BCUT2D eigenvalue weighted by molar-refractivity contribution is 5.10. The van der Waals surface area contributed by atoms with Gasteiger partial charge in [0, 0.05) is 4.91 Å². The molecule has 0 unspecified atom stereocenters. The molecule has 0 aromatic heterocycles. The molecule has 8 nitrogen and oxygen atoms in total. The van der Waals surface area contributed by atoms with Crippen LogP contribution in [-0.4, -0.2) is 54.2 Å². The zero-order chi connectivity index (χ0) is 13.0. The molecule has 0 aromatic carbocycles. The summed E-state index contributed by atoms with van der Waals surface area (Å²) in [5, 5.41) is 13.2. The van der Waals surface area contributed by atoms with Gasteiger partial charge in [-0.05, 0) is 19.4 Å². The number of ether oxygens (including phenoxy) is 4. The summed E-state index contributed by atoms with van der Waals surface area (Å²) in [5.74, 6) is -0.797. The second-order valence-electron chi connectivity index (χ2n) is 5.24. The first-order chi connectivity index (χ1) is 8.51. The van der Waals surface area contributed by atoms with E-state index in [1.54, 1.807) is 13.8 Å². The molecule has 3 aliphatic rings. The number of aliphatic hydroxyl groups excluding tert-OH is 1. The Morgan fingerprint density at radius 2 is 2.17 bits per heavy atom. The molecule has 0 aliphatic carbocycles. The summed E-state index contributed by atoms with van der Waals surface area (Å²) in [4.78, 5) is 2.80. The van der Waals surface area contributed by atoms with E-state index >= 15 is 0 Å². The van der Waals surface area contributed by atoms with Gasteiger partial charge in [-0.1, -0.05) is 5.11 Å². The Kier molecular flexibility index (Phi) is 2.57. The van der Waals surface area contributed by atoms with Crippen molar-refractivity contribution >= 4 is 0 Å². The third kappa shape index (κ3) is 1.55. The van der Waals surface area contributed by atoms with Crippen molar-refractivity contribution in [1.29, 1.82) is 0 Å². The smallest absolute Gasteiger partial charge is 0.169 e. The van der Waals surface area contributed by atoms with Crippen molar-refractivity contribution in [2.45, 2.75) is 49.8 Å². The first-order valence-electron chi connectivity index (χ1n) is 5.81. The van der Waals surface area contributed by atoms with Gasteiger partial charge in [0.05, 0.1) is 13.2 Å². The minimum Gasteiger partial charge on any atom is -0.393 e. The number of hydrogen-bond donors (Lipinski definition) is 1. The lowest BCUT2D eigenvalue weighted by Gasteiger charge is -2.39. The average Bonchev–Trinajstić information content (AvgIpc) is 2.86. The molecule has 100 valence electrons. The van der Waals surface area contributed by atoms with Crippen LogP contribution in [0.1, 0.15) is 13.8 Å². The second kappa shape index (κ2) is 3.80. The molecule has 0 saturated carbocycles. The molecule has 3 aliphatic heterocycles. The maximum absolute atomic E-state index is 9.56. The molecular weight excluding hydrogens is 242 g/mol. The Balaban J connectivity index is 1.99. The highest BCUT2D eigenvalue weighted by Crippen LogP contribution is 2.46. The van der Waals surface area contributed by atoms with Gasteiger partial charge in [0.2, 0.25) is 0 Å². The van der Waals surface area contributed by atoms with Crippen LogP contribution in [0.3, 0.4) is 0 Å². The Labute approximate surface area is 103 Å². The van der Waals surface area contributed by atoms with Gasteiger partial charge < -0.3 is 24.1 Å². The van der Waals surface area contributed by atoms with E-state index in [9.17, 15) is 5.11 Å². The molecule has 8 heteroatoms. The number of aliphatic hydroxyl groups is 1. The molecular formula is C10H15N3O5. The van der Waals surface area contributed by atoms with E-state index < -0.39 is 35.9 Å². The predicted molar refractivity (Wildman–Crippen MR) is 57.4 cm³/mol. The summed E-state index contributed by atoms with van der Waals surface area (Å²) in [6.07, 6.45) is -1.66. The summed E-state index contributed by atoms with van der Waals surface area (Å²) < 4.78 is 22.6. The summed E-state index contributed by atoms with van der Waals surface area (Å²) in [7, 11) is 0. The van der Waals surface area contributed by atoms with Crippen LogP contribution in [0.4, 0.5) is 0 Å². The Morgan fingerprint density at radius 3 is 2.83 bits per heavy atom. The van der Waals surface area contributed by atoms with Crippen molar-refractivity contribution in [3.63, 3.8) is 0 Å². The van der Waals surface area contributed by atoms with Crippen LogP contribution < -0.4 is 0 Å². The maximum Gasteiger partial charge on any atom is 0.169 e. The first-order valence-corrected chi connectivity index (χ1v) is 5.81. The fourth-order valence-corrected chi connectivity index (χ4v) is 2.79. The van der Waals surface area contributed by atoms with E-state index in [4.69, 9.17) is 24.5 Å². The summed E-state index contributed by atoms with van der Waals surface area (Å²) in [6, 6.07) is -0.607. The standard InChI is InChI=1S/C10H15N3O5/c1-9(2)16-6-5(12-13-11)8-15-4-10(3-14,18-8)7(6)17-9/h5-8,14H,3-4H2,1-2H3/t5-,6-,7-,8+,10+/m1/s1. The molecule has 3 saturated heterocycles. The Morgan fingerprint density at radius 1 is 1.39 bits per heavy atom. The van der Waals surface area contributed by atoms with Crippen molar-refractivity contribution < 1.29 is 24.1 Å². The van der Waals surface area contributed by atoms with Crippen molar-refractivity contribution in [3.05, 3.63) is 10.4 Å². The van der Waals surface area contributed by atoms with Crippen LogP contribution in [-0.2, 0) is 18.9 Å². The van der Waals surface area contributed by atoms with Gasteiger partial charge in [0.15, 0.2) is 12.1 Å². The fraction of sp³-hybridized carbons (Fsp3) is 1.00. The lowest BCUT2D eigenvalue weighted by molar-refractivity contribution is -0.203. The van der Waals surface area contributed by atoms with E-state index in [0.29, 0.717) is 0 Å². The van der Waals surface area contributed by atoms with Gasteiger partial charge >= 0.3 is 0 Å². The number of azide groups is 1. The van der Waals surface area contributed by atoms with E-state index in [2.05, 4.69) is 10.0 Å². The molecule has 0 aromatic rings. The molecule has 0 radical (unpaired) electrons. The summed E-state index contributed by atoms with van der Waals surface area (Å²) in [5.41, 5.74) is 7.69. The average molecular weight is 257 g/mol. The van der Waals surface area contributed by atoms with Crippen molar-refractivity contribution in [1.82, 2.24) is 0 Å². The monoisotopic (exact) mass is 257 g/mol. The van der Waals surface area contributed by atoms with Crippen LogP contribution >= 0.6 is 0 Å².